The first-order chi connectivity index (χ1) is 21.1. The lowest BCUT2D eigenvalue weighted by molar-refractivity contribution is -0.132. The Morgan fingerprint density at radius 3 is 1.28 bits per heavy atom. The average molecular weight is 589 g/mol. The number of hydrogen-bond acceptors (Lipinski definition) is 5. The van der Waals surface area contributed by atoms with E-state index in [9.17, 15) is 13.8 Å². The highest BCUT2D eigenvalue weighted by atomic mass is 32.2. The molecule has 0 bridgehead atoms. The highest BCUT2D eigenvalue weighted by Gasteiger charge is 2.36. The topological polar surface area (TPSA) is 81.8 Å². The van der Waals surface area contributed by atoms with E-state index in [0.29, 0.717) is 27.6 Å². The van der Waals surface area contributed by atoms with Gasteiger partial charge >= 0.3 is 0 Å². The molecule has 216 valence electrons. The zero-order valence-corrected chi connectivity index (χ0v) is 24.3. The van der Waals surface area contributed by atoms with Gasteiger partial charge < -0.3 is 0 Å². The molecule has 0 aliphatic carbocycles. The first kappa shape index (κ1) is 29.3. The minimum absolute atomic E-state index is 0.0543. The van der Waals surface area contributed by atoms with Crippen LogP contribution in [0.1, 0.15) is 6.42 Å². The van der Waals surface area contributed by atoms with E-state index >= 15 is 0 Å². The average Bonchev–Trinajstić information content (AvgIpc) is 3.08. The van der Waals surface area contributed by atoms with Gasteiger partial charge in [-0.2, -0.15) is 0 Å². The van der Waals surface area contributed by atoms with Crippen molar-refractivity contribution in [3.05, 3.63) is 152 Å². The maximum atomic E-state index is 14.5. The monoisotopic (exact) mass is 588 g/mol. The van der Waals surface area contributed by atoms with Crippen LogP contribution in [0.4, 0.5) is 22.7 Å². The quantitative estimate of drug-likeness (QED) is 0.122. The Balaban J connectivity index is 1.52. The number of carbonyl (C=O) groups excluding carboxylic acids is 2. The molecule has 0 aliphatic rings. The van der Waals surface area contributed by atoms with Crippen molar-refractivity contribution in [2.75, 3.05) is 26.6 Å². The largest absolute Gasteiger partial charge is 0.291 e. The van der Waals surface area contributed by atoms with E-state index in [1.807, 2.05) is 115 Å². The summed E-state index contributed by atoms with van der Waals surface area (Å²) in [5.41, 5.74) is 8.89. The lowest BCUT2D eigenvalue weighted by Crippen LogP contribution is -2.49. The van der Waals surface area contributed by atoms with Gasteiger partial charge in [-0.25, -0.2) is 10.0 Å². The first-order valence-corrected chi connectivity index (χ1v) is 15.3. The van der Waals surface area contributed by atoms with Gasteiger partial charge in [-0.15, -0.1) is 0 Å². The smallest absolute Gasteiger partial charge is 0.258 e. The summed E-state index contributed by atoms with van der Waals surface area (Å²) in [6.07, 6.45) is 0.0543. The van der Waals surface area contributed by atoms with Gasteiger partial charge in [-0.1, -0.05) is 91.0 Å². The molecule has 0 aromatic heterocycles. The van der Waals surface area contributed by atoms with E-state index in [1.54, 1.807) is 36.4 Å². The Labute approximate surface area is 254 Å². The molecule has 8 heteroatoms. The molecule has 0 radical (unpaired) electrons. The normalized spacial score (nSPS) is 11.4. The van der Waals surface area contributed by atoms with Crippen molar-refractivity contribution in [3.8, 4) is 0 Å². The van der Waals surface area contributed by atoms with E-state index < -0.39 is 28.5 Å². The predicted octanol–water partition coefficient (Wildman–Crippen LogP) is 6.92. The van der Waals surface area contributed by atoms with Gasteiger partial charge in [0.1, 0.15) is 5.92 Å². The molecule has 5 aromatic carbocycles. The van der Waals surface area contributed by atoms with Crippen LogP contribution >= 0.6 is 0 Å². The van der Waals surface area contributed by atoms with Crippen molar-refractivity contribution in [1.29, 1.82) is 0 Å². The van der Waals surface area contributed by atoms with Crippen molar-refractivity contribution < 1.29 is 13.8 Å². The maximum Gasteiger partial charge on any atom is 0.258 e. The van der Waals surface area contributed by atoms with Crippen LogP contribution in [0.3, 0.4) is 0 Å². The van der Waals surface area contributed by atoms with Crippen LogP contribution in [0.5, 0.6) is 0 Å². The molecule has 0 spiro atoms. The van der Waals surface area contributed by atoms with Crippen LogP contribution < -0.4 is 20.9 Å². The lowest BCUT2D eigenvalue weighted by Gasteiger charge is -2.32. The van der Waals surface area contributed by atoms with Gasteiger partial charge in [0, 0.05) is 10.6 Å². The Morgan fingerprint density at radius 1 is 0.535 bits per heavy atom. The van der Waals surface area contributed by atoms with Gasteiger partial charge in [0.15, 0.2) is 0 Å². The van der Waals surface area contributed by atoms with Gasteiger partial charge in [-0.3, -0.25) is 24.6 Å². The van der Waals surface area contributed by atoms with Crippen LogP contribution in [0.25, 0.3) is 0 Å². The standard InChI is InChI=1S/C35H32N4O3S/c40-34(38(30-20-10-3-11-21-30)36-28-16-6-1-7-17-28)33(26-27-43(42)32-24-14-5-15-25-32)35(41)39(31-22-12-4-13-23-31)37-29-18-8-2-9-19-29/h1-25,33,36-37H,26-27H2. The number of rotatable bonds is 12. The number of hydrazine groups is 2. The molecule has 1 atom stereocenters. The SMILES string of the molecule is O=C(C(CCS(=O)c1ccccc1)C(=O)N(Nc1ccccc1)c1ccccc1)N(Nc1ccccc1)c1ccccc1. The van der Waals surface area contributed by atoms with Gasteiger partial charge in [0.05, 0.1) is 33.5 Å². The molecular weight excluding hydrogens is 556 g/mol. The van der Waals surface area contributed by atoms with Crippen molar-refractivity contribution in [2.45, 2.75) is 11.3 Å². The number of nitrogens with zero attached hydrogens (tertiary/aromatic N) is 2. The molecular formula is C35H32N4O3S. The fraction of sp³-hybridized carbons (Fsp3) is 0.0857. The molecule has 0 heterocycles. The summed E-state index contributed by atoms with van der Waals surface area (Å²) >= 11 is 0. The van der Waals surface area contributed by atoms with Gasteiger partial charge in [0.25, 0.3) is 11.8 Å². The van der Waals surface area contributed by atoms with Crippen LogP contribution in [0.2, 0.25) is 0 Å². The van der Waals surface area contributed by atoms with Crippen LogP contribution in [0.15, 0.2) is 157 Å². The van der Waals surface area contributed by atoms with Crippen molar-refractivity contribution in [1.82, 2.24) is 0 Å². The van der Waals surface area contributed by atoms with E-state index in [2.05, 4.69) is 10.9 Å². The third kappa shape index (κ3) is 7.75. The summed E-state index contributed by atoms with van der Waals surface area (Å²) in [6.45, 7) is 0. The third-order valence-corrected chi connectivity index (χ3v) is 8.10. The fourth-order valence-electron chi connectivity index (χ4n) is 4.51. The molecule has 0 aliphatic heterocycles. The van der Waals surface area contributed by atoms with Gasteiger partial charge in [-0.05, 0) is 67.1 Å². The number of hydrogen-bond donors (Lipinski definition) is 2. The number of para-hydroxylation sites is 4. The molecule has 7 nitrogen and oxygen atoms in total. The van der Waals surface area contributed by atoms with Crippen LogP contribution in [-0.4, -0.2) is 21.8 Å². The van der Waals surface area contributed by atoms with Crippen molar-refractivity contribution in [2.24, 2.45) is 5.92 Å². The van der Waals surface area contributed by atoms with E-state index in [0.717, 1.165) is 0 Å². The molecule has 43 heavy (non-hydrogen) atoms. The molecule has 0 saturated heterocycles. The molecule has 0 fully saturated rings. The lowest BCUT2D eigenvalue weighted by atomic mass is 10.0. The summed E-state index contributed by atoms with van der Waals surface area (Å²) < 4.78 is 13.3. The molecule has 0 saturated carbocycles. The van der Waals surface area contributed by atoms with Gasteiger partial charge in [0.2, 0.25) is 0 Å². The second-order valence-electron chi connectivity index (χ2n) is 9.68. The minimum atomic E-state index is -1.41. The van der Waals surface area contributed by atoms with Crippen LogP contribution in [-0.2, 0) is 20.4 Å². The molecule has 2 N–H and O–H groups in total. The molecule has 2 amide bonds. The van der Waals surface area contributed by atoms with E-state index in [1.165, 1.54) is 10.0 Å². The van der Waals surface area contributed by atoms with E-state index in [4.69, 9.17) is 0 Å². The first-order valence-electron chi connectivity index (χ1n) is 13.9. The summed E-state index contributed by atoms with van der Waals surface area (Å²) in [5.74, 6) is -2.00. The predicted molar refractivity (Wildman–Crippen MR) is 174 cm³/mol. The molecule has 5 rings (SSSR count). The van der Waals surface area contributed by atoms with Crippen molar-refractivity contribution >= 4 is 45.4 Å². The zero-order chi connectivity index (χ0) is 29.9. The summed E-state index contributed by atoms with van der Waals surface area (Å²) in [5, 5.41) is 2.80. The highest BCUT2D eigenvalue weighted by molar-refractivity contribution is 7.85. The Hall–Kier alpha value is -5.21. The summed E-state index contributed by atoms with van der Waals surface area (Å²) in [4.78, 5) is 29.7. The van der Waals surface area contributed by atoms with Crippen molar-refractivity contribution in [3.63, 3.8) is 0 Å². The third-order valence-electron chi connectivity index (χ3n) is 6.69. The number of carbonyl (C=O) groups is 2. The number of amides is 2. The van der Waals surface area contributed by atoms with Crippen LogP contribution in [0, 0.1) is 5.92 Å². The Bertz CT molecular complexity index is 1530. The number of anilines is 4. The minimum Gasteiger partial charge on any atom is -0.291 e. The zero-order valence-electron chi connectivity index (χ0n) is 23.5. The second-order valence-corrected chi connectivity index (χ2v) is 11.2. The molecule has 1 unspecified atom stereocenters. The summed E-state index contributed by atoms with van der Waals surface area (Å²) in [6, 6.07) is 45.9. The Morgan fingerprint density at radius 2 is 0.884 bits per heavy atom. The fourth-order valence-corrected chi connectivity index (χ4v) is 5.66. The number of nitrogens with one attached hydrogen (secondary N) is 2. The van der Waals surface area contributed by atoms with E-state index in [-0.39, 0.29) is 12.2 Å². The molecule has 5 aromatic rings. The number of benzene rings is 5. The Kier molecular flexibility index (Phi) is 9.95. The highest BCUT2D eigenvalue weighted by Crippen LogP contribution is 2.25. The summed E-state index contributed by atoms with van der Waals surface area (Å²) in [7, 11) is -1.41. The maximum absolute atomic E-state index is 14.5. The second kappa shape index (κ2) is 14.6.